The van der Waals surface area contributed by atoms with Crippen LogP contribution in [0.4, 0.5) is 10.5 Å². The lowest BCUT2D eigenvalue weighted by Crippen LogP contribution is -2.42. The van der Waals surface area contributed by atoms with Gasteiger partial charge in [-0.3, -0.25) is 9.46 Å². The van der Waals surface area contributed by atoms with Crippen LogP contribution < -0.4 is 10.2 Å². The van der Waals surface area contributed by atoms with Gasteiger partial charge in [0.1, 0.15) is 0 Å². The molecule has 0 unspecified atom stereocenters. The molecule has 0 atom stereocenters. The highest BCUT2D eigenvalue weighted by Gasteiger charge is 2.24. The van der Waals surface area contributed by atoms with Gasteiger partial charge in [-0.05, 0) is 12.1 Å². The van der Waals surface area contributed by atoms with Crippen LogP contribution in [0, 0.1) is 0 Å². The van der Waals surface area contributed by atoms with Crippen molar-refractivity contribution in [1.82, 2.24) is 5.32 Å². The number of hydrogen-bond donors (Lipinski definition) is 2. The number of carbonyl (C=O) groups is 1. The van der Waals surface area contributed by atoms with Crippen molar-refractivity contribution in [2.75, 3.05) is 45.0 Å². The lowest BCUT2D eigenvalue weighted by molar-refractivity contribution is 0.239. The van der Waals surface area contributed by atoms with E-state index in [4.69, 9.17) is 14.2 Å². The minimum Gasteiger partial charge on any atom is -0.395 e. The molecule has 7 nitrogen and oxygen atoms in total. The van der Waals surface area contributed by atoms with Crippen molar-refractivity contribution < 1.29 is 23.5 Å². The molecule has 0 fully saturated rings. The number of carbonyl (C=O) groups excluding carboxylic acids is 1. The summed E-state index contributed by atoms with van der Waals surface area (Å²) in [4.78, 5) is 13.6. The Morgan fingerprint density at radius 3 is 2.43 bits per heavy atom. The molecule has 0 heterocycles. The number of nitrogens with one attached hydrogen (secondary N) is 1. The van der Waals surface area contributed by atoms with Gasteiger partial charge in [-0.15, -0.1) is 0 Å². The van der Waals surface area contributed by atoms with Crippen molar-refractivity contribution in [3.05, 3.63) is 30.3 Å². The Bertz CT molecular complexity index is 475. The number of hydrogen-bond acceptors (Lipinski definition) is 5. The first-order chi connectivity index (χ1) is 10.1. The molecule has 0 bridgehead atoms. The Kier molecular flexibility index (Phi) is 7.39. The minimum atomic E-state index is -3.19. The highest BCUT2D eigenvalue weighted by molar-refractivity contribution is 7.53. The number of aliphatic hydroxyl groups is 1. The fraction of sp³-hybridized carbons (Fsp3) is 0.462. The molecule has 0 aliphatic carbocycles. The van der Waals surface area contributed by atoms with Crippen LogP contribution in [0.25, 0.3) is 0 Å². The number of anilines is 1. The molecular weight excluding hydrogens is 295 g/mol. The molecule has 2 N–H and O–H groups in total. The van der Waals surface area contributed by atoms with Crippen molar-refractivity contribution in [3.8, 4) is 0 Å². The topological polar surface area (TPSA) is 88.1 Å². The Labute approximate surface area is 124 Å². The monoisotopic (exact) mass is 316 g/mol. The van der Waals surface area contributed by atoms with E-state index in [0.717, 1.165) is 0 Å². The van der Waals surface area contributed by atoms with E-state index >= 15 is 0 Å². The van der Waals surface area contributed by atoms with Crippen LogP contribution in [0.5, 0.6) is 0 Å². The number of benzene rings is 1. The van der Waals surface area contributed by atoms with E-state index in [0.29, 0.717) is 5.69 Å². The number of nitrogens with zero attached hydrogens (tertiary/aromatic N) is 1. The molecule has 1 rings (SSSR count). The third-order valence-corrected chi connectivity index (χ3v) is 4.72. The summed E-state index contributed by atoms with van der Waals surface area (Å²) in [7, 11) is -0.575. The lowest BCUT2D eigenvalue weighted by atomic mass is 10.3. The highest BCUT2D eigenvalue weighted by atomic mass is 31.2. The maximum absolute atomic E-state index is 12.1. The molecule has 8 heteroatoms. The SMILES string of the molecule is COP(=O)(CCN(C(=O)NCCO)c1ccccc1)OC. The highest BCUT2D eigenvalue weighted by Crippen LogP contribution is 2.46. The van der Waals surface area contributed by atoms with Gasteiger partial charge in [-0.1, -0.05) is 18.2 Å². The summed E-state index contributed by atoms with van der Waals surface area (Å²) in [6.45, 7) is 0.164. The Hall–Kier alpha value is -1.40. The van der Waals surface area contributed by atoms with Gasteiger partial charge in [-0.25, -0.2) is 4.79 Å². The van der Waals surface area contributed by atoms with Crippen LogP contribution in [0.1, 0.15) is 0 Å². The zero-order chi connectivity index (χ0) is 15.7. The molecule has 0 aliphatic rings. The molecule has 0 aromatic heterocycles. The van der Waals surface area contributed by atoms with E-state index in [1.54, 1.807) is 24.3 Å². The van der Waals surface area contributed by atoms with Gasteiger partial charge >= 0.3 is 13.6 Å². The first-order valence-corrected chi connectivity index (χ1v) is 8.21. The molecule has 0 saturated heterocycles. The predicted octanol–water partition coefficient (Wildman–Crippen LogP) is 1.68. The largest absolute Gasteiger partial charge is 0.395 e. The summed E-state index contributed by atoms with van der Waals surface area (Å²) in [6, 6.07) is 8.59. The van der Waals surface area contributed by atoms with Crippen LogP contribution in [0.2, 0.25) is 0 Å². The molecule has 0 aliphatic heterocycles. The Morgan fingerprint density at radius 1 is 1.29 bits per heavy atom. The molecule has 0 saturated carbocycles. The molecule has 0 spiro atoms. The van der Waals surface area contributed by atoms with Crippen molar-refractivity contribution >= 4 is 19.3 Å². The number of para-hydroxylation sites is 1. The molecule has 2 amide bonds. The number of aliphatic hydroxyl groups excluding tert-OH is 1. The van der Waals surface area contributed by atoms with Gasteiger partial charge < -0.3 is 19.5 Å². The molecular formula is C13H21N2O5P. The van der Waals surface area contributed by atoms with E-state index in [9.17, 15) is 9.36 Å². The molecule has 21 heavy (non-hydrogen) atoms. The van der Waals surface area contributed by atoms with Crippen LogP contribution in [-0.2, 0) is 13.6 Å². The van der Waals surface area contributed by atoms with E-state index < -0.39 is 7.60 Å². The second-order valence-electron chi connectivity index (χ2n) is 4.14. The zero-order valence-corrected chi connectivity index (χ0v) is 13.1. The second kappa shape index (κ2) is 8.79. The summed E-state index contributed by atoms with van der Waals surface area (Å²) in [6.07, 6.45) is 0.0709. The maximum Gasteiger partial charge on any atom is 0.331 e. The smallest absolute Gasteiger partial charge is 0.331 e. The summed E-state index contributed by atoms with van der Waals surface area (Å²) >= 11 is 0. The van der Waals surface area contributed by atoms with Gasteiger partial charge in [0.15, 0.2) is 0 Å². The van der Waals surface area contributed by atoms with Crippen molar-refractivity contribution in [1.29, 1.82) is 0 Å². The molecule has 1 aromatic carbocycles. The van der Waals surface area contributed by atoms with Gasteiger partial charge in [0.2, 0.25) is 0 Å². The van der Waals surface area contributed by atoms with Gasteiger partial charge in [-0.2, -0.15) is 0 Å². The standard InChI is InChI=1S/C13H21N2O5P/c1-19-21(18,20-2)11-9-15(13(17)14-8-10-16)12-6-4-3-5-7-12/h3-7,16H,8-11H2,1-2H3,(H,14,17). The van der Waals surface area contributed by atoms with E-state index in [1.165, 1.54) is 19.1 Å². The average Bonchev–Trinajstić information content (AvgIpc) is 2.53. The second-order valence-corrected chi connectivity index (χ2v) is 6.54. The maximum atomic E-state index is 12.1. The zero-order valence-electron chi connectivity index (χ0n) is 12.2. The van der Waals surface area contributed by atoms with Crippen LogP contribution in [0.3, 0.4) is 0 Å². The van der Waals surface area contributed by atoms with Crippen molar-refractivity contribution in [3.63, 3.8) is 0 Å². The first-order valence-electron chi connectivity index (χ1n) is 6.48. The molecule has 1 aromatic rings. The lowest BCUT2D eigenvalue weighted by Gasteiger charge is -2.24. The van der Waals surface area contributed by atoms with Crippen LogP contribution in [0.15, 0.2) is 30.3 Å². The van der Waals surface area contributed by atoms with Crippen LogP contribution >= 0.6 is 7.60 Å². The summed E-state index contributed by atoms with van der Waals surface area (Å²) < 4.78 is 21.8. The average molecular weight is 316 g/mol. The van der Waals surface area contributed by atoms with E-state index in [1.807, 2.05) is 6.07 Å². The Balaban J connectivity index is 2.83. The van der Waals surface area contributed by atoms with Gasteiger partial charge in [0, 0.05) is 33.0 Å². The third kappa shape index (κ3) is 5.47. The summed E-state index contributed by atoms with van der Waals surface area (Å²) in [5.41, 5.74) is 0.659. The molecule has 118 valence electrons. The van der Waals surface area contributed by atoms with Crippen LogP contribution in [-0.4, -0.2) is 51.2 Å². The number of urea groups is 1. The number of amides is 2. The number of rotatable bonds is 8. The van der Waals surface area contributed by atoms with E-state index in [-0.39, 0.29) is 31.9 Å². The van der Waals surface area contributed by atoms with Crippen molar-refractivity contribution in [2.24, 2.45) is 0 Å². The fourth-order valence-electron chi connectivity index (χ4n) is 1.69. The summed E-state index contributed by atoms with van der Waals surface area (Å²) in [5, 5.41) is 11.4. The van der Waals surface area contributed by atoms with Crippen molar-refractivity contribution in [2.45, 2.75) is 0 Å². The molecule has 0 radical (unpaired) electrons. The van der Waals surface area contributed by atoms with Gasteiger partial charge in [0.05, 0.1) is 12.8 Å². The fourth-order valence-corrected chi connectivity index (χ4v) is 2.65. The van der Waals surface area contributed by atoms with Gasteiger partial charge in [0.25, 0.3) is 0 Å². The minimum absolute atomic E-state index is 0.0709. The summed E-state index contributed by atoms with van der Waals surface area (Å²) in [5.74, 6) is 0. The predicted molar refractivity (Wildman–Crippen MR) is 80.8 cm³/mol. The quantitative estimate of drug-likeness (QED) is 0.712. The normalized spacial score (nSPS) is 11.2. The third-order valence-electron chi connectivity index (χ3n) is 2.85. The first kappa shape index (κ1) is 17.7. The Morgan fingerprint density at radius 2 is 1.90 bits per heavy atom. The van der Waals surface area contributed by atoms with E-state index in [2.05, 4.69) is 5.32 Å².